The molecule has 1 heterocycles. The van der Waals surface area contributed by atoms with Crippen molar-refractivity contribution in [2.45, 2.75) is 6.92 Å². The van der Waals surface area contributed by atoms with Crippen molar-refractivity contribution in [3.8, 4) is 22.6 Å². The molecule has 6 heteroatoms. The second kappa shape index (κ2) is 8.06. The molecule has 0 aliphatic rings. The van der Waals surface area contributed by atoms with Crippen LogP contribution in [0.1, 0.15) is 17.3 Å². The average molecular weight is 387 g/mol. The summed E-state index contributed by atoms with van der Waals surface area (Å²) in [7, 11) is 1.54. The number of para-hydroxylation sites is 2. The lowest BCUT2D eigenvalue weighted by Gasteiger charge is -2.10. The molecule has 0 aliphatic carbocycles. The second-order valence-corrected chi connectivity index (χ2v) is 6.42. The van der Waals surface area contributed by atoms with Crippen molar-refractivity contribution < 1.29 is 14.3 Å². The number of rotatable bonds is 6. The molecule has 2 N–H and O–H groups in total. The summed E-state index contributed by atoms with van der Waals surface area (Å²) < 4.78 is 11.0. The minimum absolute atomic E-state index is 0.276. The number of amides is 1. The van der Waals surface area contributed by atoms with E-state index in [4.69, 9.17) is 9.47 Å². The van der Waals surface area contributed by atoms with Gasteiger partial charge in [-0.25, -0.2) is 0 Å². The van der Waals surface area contributed by atoms with Crippen molar-refractivity contribution in [3.05, 3.63) is 72.3 Å². The van der Waals surface area contributed by atoms with Crippen LogP contribution in [0.5, 0.6) is 11.5 Å². The molecule has 0 radical (unpaired) electrons. The lowest BCUT2D eigenvalue weighted by atomic mass is 10.0. The van der Waals surface area contributed by atoms with Crippen LogP contribution in [-0.2, 0) is 0 Å². The first kappa shape index (κ1) is 18.6. The van der Waals surface area contributed by atoms with Gasteiger partial charge < -0.3 is 14.8 Å². The number of aromatic amines is 1. The number of carbonyl (C=O) groups excluding carboxylic acids is 1. The Kier molecular flexibility index (Phi) is 5.16. The Hall–Kier alpha value is -3.80. The van der Waals surface area contributed by atoms with Crippen LogP contribution in [0.4, 0.5) is 5.82 Å². The topological polar surface area (TPSA) is 76.2 Å². The van der Waals surface area contributed by atoms with E-state index < -0.39 is 0 Å². The molecule has 6 nitrogen and oxygen atoms in total. The summed E-state index contributed by atoms with van der Waals surface area (Å²) in [6, 6.07) is 20.9. The Morgan fingerprint density at radius 1 is 1.03 bits per heavy atom. The maximum Gasteiger partial charge on any atom is 0.260 e. The van der Waals surface area contributed by atoms with Gasteiger partial charge in [-0.1, -0.05) is 36.4 Å². The summed E-state index contributed by atoms with van der Waals surface area (Å²) in [5.74, 6) is 1.54. The first-order valence-corrected chi connectivity index (χ1v) is 9.36. The third-order valence-corrected chi connectivity index (χ3v) is 4.64. The van der Waals surface area contributed by atoms with Crippen LogP contribution in [0.3, 0.4) is 0 Å². The van der Waals surface area contributed by atoms with E-state index in [1.54, 1.807) is 18.2 Å². The number of ether oxygens (including phenoxy) is 2. The lowest BCUT2D eigenvalue weighted by molar-refractivity contribution is 0.102. The molecule has 0 spiro atoms. The molecule has 1 aromatic heterocycles. The lowest BCUT2D eigenvalue weighted by Crippen LogP contribution is -2.13. The highest BCUT2D eigenvalue weighted by Crippen LogP contribution is 2.33. The van der Waals surface area contributed by atoms with E-state index >= 15 is 0 Å². The number of anilines is 1. The number of hydrogen-bond donors (Lipinski definition) is 2. The van der Waals surface area contributed by atoms with Crippen LogP contribution in [0.25, 0.3) is 22.0 Å². The van der Waals surface area contributed by atoms with Gasteiger partial charge in [0.05, 0.1) is 24.8 Å². The predicted molar refractivity (Wildman–Crippen MR) is 114 cm³/mol. The molecule has 29 heavy (non-hydrogen) atoms. The summed E-state index contributed by atoms with van der Waals surface area (Å²) in [5.41, 5.74) is 3.29. The largest absolute Gasteiger partial charge is 0.496 e. The van der Waals surface area contributed by atoms with Gasteiger partial charge in [0.1, 0.15) is 11.5 Å². The Morgan fingerprint density at radius 2 is 1.79 bits per heavy atom. The van der Waals surface area contributed by atoms with Gasteiger partial charge in [-0.05, 0) is 42.8 Å². The summed E-state index contributed by atoms with van der Waals surface area (Å²) in [5, 5.41) is 11.0. The van der Waals surface area contributed by atoms with E-state index in [1.165, 1.54) is 7.11 Å². The Morgan fingerprint density at radius 3 is 2.59 bits per heavy atom. The fraction of sp³-hybridized carbons (Fsp3) is 0.130. The monoisotopic (exact) mass is 387 g/mol. The molecule has 4 rings (SSSR count). The van der Waals surface area contributed by atoms with Crippen molar-refractivity contribution in [1.82, 2.24) is 10.2 Å². The number of hydrogen-bond acceptors (Lipinski definition) is 4. The Labute approximate surface area is 168 Å². The molecule has 0 saturated heterocycles. The quantitative estimate of drug-likeness (QED) is 0.494. The minimum atomic E-state index is -0.276. The highest BCUT2D eigenvalue weighted by atomic mass is 16.5. The van der Waals surface area contributed by atoms with Gasteiger partial charge in [-0.3, -0.25) is 9.89 Å². The van der Waals surface area contributed by atoms with E-state index in [9.17, 15) is 4.79 Å². The van der Waals surface area contributed by atoms with Crippen LogP contribution in [0.2, 0.25) is 0 Å². The van der Waals surface area contributed by atoms with Gasteiger partial charge in [0.25, 0.3) is 5.91 Å². The molecule has 0 saturated carbocycles. The molecule has 146 valence electrons. The molecule has 0 unspecified atom stereocenters. The average Bonchev–Trinajstić information content (AvgIpc) is 3.16. The molecular weight excluding hydrogens is 366 g/mol. The van der Waals surface area contributed by atoms with Crippen molar-refractivity contribution in [3.63, 3.8) is 0 Å². The van der Waals surface area contributed by atoms with Crippen LogP contribution in [-0.4, -0.2) is 29.8 Å². The smallest absolute Gasteiger partial charge is 0.260 e. The van der Waals surface area contributed by atoms with Crippen molar-refractivity contribution >= 4 is 22.6 Å². The number of H-pyrrole nitrogens is 1. The van der Waals surface area contributed by atoms with Gasteiger partial charge in [0.2, 0.25) is 0 Å². The van der Waals surface area contributed by atoms with Gasteiger partial charge in [0, 0.05) is 10.9 Å². The summed E-state index contributed by atoms with van der Waals surface area (Å²) >= 11 is 0. The van der Waals surface area contributed by atoms with Gasteiger partial charge in [0.15, 0.2) is 5.82 Å². The first-order valence-electron chi connectivity index (χ1n) is 9.36. The summed E-state index contributed by atoms with van der Waals surface area (Å²) in [4.78, 5) is 12.7. The Balaban J connectivity index is 1.65. The molecule has 0 atom stereocenters. The third kappa shape index (κ3) is 3.65. The number of nitrogens with zero attached hydrogens (tertiary/aromatic N) is 1. The zero-order valence-electron chi connectivity index (χ0n) is 16.2. The fourth-order valence-electron chi connectivity index (χ4n) is 3.28. The summed E-state index contributed by atoms with van der Waals surface area (Å²) in [6.07, 6.45) is 0. The molecule has 4 aromatic rings. The van der Waals surface area contributed by atoms with Crippen LogP contribution in [0, 0.1) is 0 Å². The normalized spacial score (nSPS) is 10.7. The number of fused-ring (bicyclic) bond motifs is 1. The number of carbonyl (C=O) groups is 1. The zero-order valence-corrected chi connectivity index (χ0v) is 16.2. The highest BCUT2D eigenvalue weighted by Gasteiger charge is 2.15. The number of nitrogens with one attached hydrogen (secondary N) is 2. The molecule has 1 amide bonds. The summed E-state index contributed by atoms with van der Waals surface area (Å²) in [6.45, 7) is 2.56. The van der Waals surface area contributed by atoms with E-state index in [0.717, 1.165) is 27.8 Å². The van der Waals surface area contributed by atoms with Gasteiger partial charge in [-0.15, -0.1) is 0 Å². The fourth-order valence-corrected chi connectivity index (χ4v) is 3.28. The minimum Gasteiger partial charge on any atom is -0.496 e. The van der Waals surface area contributed by atoms with E-state index in [-0.39, 0.29) is 5.91 Å². The van der Waals surface area contributed by atoms with Crippen LogP contribution < -0.4 is 14.8 Å². The van der Waals surface area contributed by atoms with Crippen LogP contribution in [0.15, 0.2) is 66.7 Å². The van der Waals surface area contributed by atoms with E-state index in [1.807, 2.05) is 55.5 Å². The SMILES string of the molecule is CCOc1ccccc1-c1ccc2c(NC(=O)c3ccccc3OC)n[nH]c2c1. The maximum atomic E-state index is 12.7. The van der Waals surface area contributed by atoms with Crippen molar-refractivity contribution in [2.24, 2.45) is 0 Å². The number of methoxy groups -OCH3 is 1. The highest BCUT2D eigenvalue weighted by molar-refractivity contribution is 6.09. The second-order valence-electron chi connectivity index (χ2n) is 6.42. The Bertz CT molecular complexity index is 1170. The molecule has 0 aliphatic heterocycles. The number of aromatic nitrogens is 2. The van der Waals surface area contributed by atoms with Crippen molar-refractivity contribution in [2.75, 3.05) is 19.0 Å². The van der Waals surface area contributed by atoms with Crippen molar-refractivity contribution in [1.29, 1.82) is 0 Å². The molecule has 3 aromatic carbocycles. The standard InChI is InChI=1S/C23H21N3O3/c1-3-29-21-11-7-4-8-16(21)15-12-13-17-19(14-15)25-26-22(17)24-23(27)18-9-5-6-10-20(18)28-2/h4-14H,3H2,1-2H3,(H2,24,25,26,27). The maximum absolute atomic E-state index is 12.7. The van der Waals surface area contributed by atoms with Crippen LogP contribution >= 0.6 is 0 Å². The third-order valence-electron chi connectivity index (χ3n) is 4.64. The van der Waals surface area contributed by atoms with E-state index in [2.05, 4.69) is 15.5 Å². The zero-order chi connectivity index (χ0) is 20.2. The predicted octanol–water partition coefficient (Wildman–Crippen LogP) is 4.89. The first-order chi connectivity index (χ1) is 14.2. The van der Waals surface area contributed by atoms with E-state index in [0.29, 0.717) is 23.7 Å². The van der Waals surface area contributed by atoms with Gasteiger partial charge >= 0.3 is 0 Å². The molecule has 0 bridgehead atoms. The molecule has 0 fully saturated rings. The van der Waals surface area contributed by atoms with Gasteiger partial charge in [-0.2, -0.15) is 5.10 Å². The number of benzene rings is 3. The molecular formula is C23H21N3O3.